The highest BCUT2D eigenvalue weighted by Crippen LogP contribution is 2.30. The van der Waals surface area contributed by atoms with Gasteiger partial charge in [-0.15, -0.1) is 0 Å². The molecule has 3 rings (SSSR count). The normalized spacial score (nSPS) is 26.9. The largest absolute Gasteiger partial charge is 0.326 e. The second-order valence-corrected chi connectivity index (χ2v) is 3.87. The van der Waals surface area contributed by atoms with Crippen molar-refractivity contribution in [3.8, 4) is 0 Å². The highest BCUT2D eigenvalue weighted by atomic mass is 15.2. The molecule has 1 atom stereocenters. The minimum Gasteiger partial charge on any atom is -0.326 e. The van der Waals surface area contributed by atoms with Gasteiger partial charge in [-0.25, -0.2) is 0 Å². The van der Waals surface area contributed by atoms with Gasteiger partial charge in [-0.2, -0.15) is 0 Å². The van der Waals surface area contributed by atoms with Crippen LogP contribution in [0.25, 0.3) is 6.20 Å². The molecule has 1 aromatic rings. The van der Waals surface area contributed by atoms with Crippen LogP contribution in [0.4, 0.5) is 0 Å². The Kier molecular flexibility index (Phi) is 1.56. The van der Waals surface area contributed by atoms with Gasteiger partial charge in [0.1, 0.15) is 0 Å². The smallest absolute Gasteiger partial charge is 0.0706 e. The van der Waals surface area contributed by atoms with Gasteiger partial charge >= 0.3 is 0 Å². The molecule has 0 spiro atoms. The molecule has 68 valence electrons. The Balaban J connectivity index is 1.91. The topological polar surface area (TPSA) is 8.17 Å². The summed E-state index contributed by atoms with van der Waals surface area (Å²) in [6.45, 7) is 2.53. The number of aromatic nitrogens is 1. The van der Waals surface area contributed by atoms with Crippen LogP contribution >= 0.6 is 0 Å². The lowest BCUT2D eigenvalue weighted by molar-refractivity contribution is 0.288. The van der Waals surface area contributed by atoms with Crippen LogP contribution < -0.4 is 0 Å². The molecule has 2 heteroatoms. The van der Waals surface area contributed by atoms with Gasteiger partial charge in [0.25, 0.3) is 0 Å². The van der Waals surface area contributed by atoms with Gasteiger partial charge in [-0.3, -0.25) is 4.90 Å². The number of rotatable bonds is 1. The van der Waals surface area contributed by atoms with Crippen molar-refractivity contribution >= 4 is 6.20 Å². The van der Waals surface area contributed by atoms with Crippen molar-refractivity contribution in [1.29, 1.82) is 0 Å². The standard InChI is InChI=1S/C11H14N2/c1-2-7-12(6-1)11-5-9-13-8-3-4-10(11)13/h3-5,8-9,11H,1-2,6-7H2. The van der Waals surface area contributed by atoms with E-state index >= 15 is 0 Å². The van der Waals surface area contributed by atoms with Crippen LogP contribution in [-0.2, 0) is 0 Å². The van der Waals surface area contributed by atoms with Crippen molar-refractivity contribution in [3.63, 3.8) is 0 Å². The number of hydrogen-bond acceptors (Lipinski definition) is 1. The second-order valence-electron chi connectivity index (χ2n) is 3.87. The molecule has 0 saturated carbocycles. The average Bonchev–Trinajstić information content (AvgIpc) is 2.79. The summed E-state index contributed by atoms with van der Waals surface area (Å²) >= 11 is 0. The van der Waals surface area contributed by atoms with Crippen molar-refractivity contribution in [2.75, 3.05) is 13.1 Å². The van der Waals surface area contributed by atoms with Gasteiger partial charge in [0.05, 0.1) is 6.04 Å². The van der Waals surface area contributed by atoms with E-state index in [0.29, 0.717) is 6.04 Å². The fourth-order valence-corrected chi connectivity index (χ4v) is 2.39. The molecule has 0 aromatic carbocycles. The van der Waals surface area contributed by atoms with Crippen molar-refractivity contribution in [2.24, 2.45) is 0 Å². The monoisotopic (exact) mass is 174 g/mol. The Morgan fingerprint density at radius 3 is 2.92 bits per heavy atom. The summed E-state index contributed by atoms with van der Waals surface area (Å²) in [6, 6.07) is 4.91. The first-order valence-electron chi connectivity index (χ1n) is 5.04. The quantitative estimate of drug-likeness (QED) is 0.633. The van der Waals surface area contributed by atoms with E-state index in [2.05, 4.69) is 40.1 Å². The van der Waals surface area contributed by atoms with E-state index in [4.69, 9.17) is 0 Å². The van der Waals surface area contributed by atoms with Crippen molar-refractivity contribution < 1.29 is 0 Å². The summed E-state index contributed by atoms with van der Waals surface area (Å²) in [5, 5.41) is 0. The van der Waals surface area contributed by atoms with E-state index in [0.717, 1.165) is 0 Å². The third-order valence-corrected chi connectivity index (χ3v) is 3.08. The van der Waals surface area contributed by atoms with Crippen LogP contribution in [0.2, 0.25) is 0 Å². The van der Waals surface area contributed by atoms with Gasteiger partial charge < -0.3 is 4.57 Å². The van der Waals surface area contributed by atoms with Crippen LogP contribution in [0.1, 0.15) is 24.6 Å². The molecule has 0 radical (unpaired) electrons. The molecule has 0 aliphatic carbocycles. The van der Waals surface area contributed by atoms with E-state index in [1.165, 1.54) is 31.6 Å². The summed E-state index contributed by atoms with van der Waals surface area (Å²) in [5.74, 6) is 0. The molecule has 1 unspecified atom stereocenters. The zero-order valence-corrected chi connectivity index (χ0v) is 7.69. The summed E-state index contributed by atoms with van der Waals surface area (Å²) in [5.41, 5.74) is 1.43. The molecule has 1 fully saturated rings. The molecule has 1 aromatic heterocycles. The SMILES string of the molecule is C1=Cn2cccc2C1N1CCCC1. The number of likely N-dealkylation sites (tertiary alicyclic amines) is 1. The molecule has 2 aliphatic rings. The molecule has 3 heterocycles. The fourth-order valence-electron chi connectivity index (χ4n) is 2.39. The molecule has 0 amide bonds. The summed E-state index contributed by atoms with van der Waals surface area (Å²) < 4.78 is 2.23. The van der Waals surface area contributed by atoms with Gasteiger partial charge in [-0.1, -0.05) is 0 Å². The minimum absolute atomic E-state index is 0.553. The highest BCUT2D eigenvalue weighted by Gasteiger charge is 2.25. The third-order valence-electron chi connectivity index (χ3n) is 3.08. The van der Waals surface area contributed by atoms with E-state index in [9.17, 15) is 0 Å². The molecule has 0 N–H and O–H groups in total. The average molecular weight is 174 g/mol. The first-order valence-corrected chi connectivity index (χ1v) is 5.04. The van der Waals surface area contributed by atoms with Crippen LogP contribution in [0, 0.1) is 0 Å². The molecule has 2 nitrogen and oxygen atoms in total. The van der Waals surface area contributed by atoms with E-state index in [1.54, 1.807) is 0 Å². The molecule has 0 bridgehead atoms. The predicted molar refractivity (Wildman–Crippen MR) is 53.3 cm³/mol. The number of nitrogens with zero attached hydrogens (tertiary/aromatic N) is 2. The summed E-state index contributed by atoms with van der Waals surface area (Å²) in [6.07, 6.45) is 9.34. The van der Waals surface area contributed by atoms with Crippen LogP contribution in [0.3, 0.4) is 0 Å². The first kappa shape index (κ1) is 7.39. The second kappa shape index (κ2) is 2.74. The molecule has 1 saturated heterocycles. The maximum absolute atomic E-state index is 2.56. The molecule has 2 aliphatic heterocycles. The van der Waals surface area contributed by atoms with E-state index in [-0.39, 0.29) is 0 Å². The Bertz CT molecular complexity index is 332. The van der Waals surface area contributed by atoms with Crippen molar-refractivity contribution in [2.45, 2.75) is 18.9 Å². The molecular formula is C11H14N2. The Morgan fingerprint density at radius 1 is 1.23 bits per heavy atom. The number of fused-ring (bicyclic) bond motifs is 1. The van der Waals surface area contributed by atoms with Crippen molar-refractivity contribution in [1.82, 2.24) is 9.47 Å². The van der Waals surface area contributed by atoms with Gasteiger partial charge in [0.15, 0.2) is 0 Å². The third kappa shape index (κ3) is 1.05. The van der Waals surface area contributed by atoms with Crippen molar-refractivity contribution in [3.05, 3.63) is 30.1 Å². The molecule has 13 heavy (non-hydrogen) atoms. The molecular weight excluding hydrogens is 160 g/mol. The fraction of sp³-hybridized carbons (Fsp3) is 0.455. The lowest BCUT2D eigenvalue weighted by Crippen LogP contribution is -2.23. The summed E-state index contributed by atoms with van der Waals surface area (Å²) in [7, 11) is 0. The van der Waals surface area contributed by atoms with Gasteiger partial charge in [-0.05, 0) is 44.1 Å². The Morgan fingerprint density at radius 2 is 2.08 bits per heavy atom. The Labute approximate surface area is 78.5 Å². The maximum atomic E-state index is 2.56. The van der Waals surface area contributed by atoms with Gasteiger partial charge in [0.2, 0.25) is 0 Å². The Hall–Kier alpha value is -1.02. The zero-order valence-electron chi connectivity index (χ0n) is 7.69. The summed E-state index contributed by atoms with van der Waals surface area (Å²) in [4.78, 5) is 2.56. The lowest BCUT2D eigenvalue weighted by atomic mass is 10.2. The first-order chi connectivity index (χ1) is 6.45. The number of hydrogen-bond donors (Lipinski definition) is 0. The van der Waals surface area contributed by atoms with Gasteiger partial charge in [0, 0.05) is 18.1 Å². The predicted octanol–water partition coefficient (Wildman–Crippen LogP) is 2.11. The maximum Gasteiger partial charge on any atom is 0.0706 e. The van der Waals surface area contributed by atoms with Crippen LogP contribution in [0.15, 0.2) is 24.4 Å². The van der Waals surface area contributed by atoms with Crippen LogP contribution in [0.5, 0.6) is 0 Å². The highest BCUT2D eigenvalue weighted by molar-refractivity contribution is 5.40. The van der Waals surface area contributed by atoms with E-state index < -0.39 is 0 Å². The minimum atomic E-state index is 0.553. The van der Waals surface area contributed by atoms with E-state index in [1.807, 2.05) is 0 Å². The zero-order chi connectivity index (χ0) is 8.67. The lowest BCUT2D eigenvalue weighted by Gasteiger charge is -2.21. The van der Waals surface area contributed by atoms with Crippen LogP contribution in [-0.4, -0.2) is 22.6 Å².